The lowest BCUT2D eigenvalue weighted by Crippen LogP contribution is -2.29. The van der Waals surface area contributed by atoms with Crippen molar-refractivity contribution in [1.82, 2.24) is 10.2 Å². The van der Waals surface area contributed by atoms with E-state index in [4.69, 9.17) is 0 Å². The van der Waals surface area contributed by atoms with Gasteiger partial charge in [0.05, 0.1) is 4.90 Å². The van der Waals surface area contributed by atoms with Crippen molar-refractivity contribution in [3.8, 4) is 0 Å². The Labute approximate surface area is 214 Å². The number of carbonyl (C=O) groups is 1. The van der Waals surface area contributed by atoms with Gasteiger partial charge in [0.15, 0.2) is 0 Å². The molecule has 0 atom stereocenters. The van der Waals surface area contributed by atoms with E-state index in [-0.39, 0.29) is 10.8 Å². The van der Waals surface area contributed by atoms with Gasteiger partial charge in [-0.2, -0.15) is 0 Å². The molecule has 0 aromatic heterocycles. The SMILES string of the molecule is Cc1ccc(NS(=O)(=O)c2cc(C(=O)NCc3cccc(CN4CCCCC4)c3)ccc2C)cc1C. The summed E-state index contributed by atoms with van der Waals surface area (Å²) in [5.74, 6) is -0.306. The first-order valence-electron chi connectivity index (χ1n) is 12.5. The number of likely N-dealkylation sites (tertiary alicyclic amines) is 1. The first-order chi connectivity index (χ1) is 17.2. The van der Waals surface area contributed by atoms with Crippen molar-refractivity contribution in [2.75, 3.05) is 17.8 Å². The number of anilines is 1. The molecule has 1 saturated heterocycles. The van der Waals surface area contributed by atoms with Gasteiger partial charge >= 0.3 is 0 Å². The minimum absolute atomic E-state index is 0.0944. The molecule has 190 valence electrons. The van der Waals surface area contributed by atoms with Crippen LogP contribution in [0.3, 0.4) is 0 Å². The van der Waals surface area contributed by atoms with Crippen molar-refractivity contribution in [2.24, 2.45) is 0 Å². The summed E-state index contributed by atoms with van der Waals surface area (Å²) in [7, 11) is -3.85. The fourth-order valence-corrected chi connectivity index (χ4v) is 5.87. The molecule has 6 nitrogen and oxygen atoms in total. The van der Waals surface area contributed by atoms with E-state index >= 15 is 0 Å². The van der Waals surface area contributed by atoms with E-state index in [2.05, 4.69) is 27.1 Å². The Kier molecular flexibility index (Phi) is 8.11. The lowest BCUT2D eigenvalue weighted by molar-refractivity contribution is 0.0950. The predicted molar refractivity (Wildman–Crippen MR) is 145 cm³/mol. The van der Waals surface area contributed by atoms with Crippen molar-refractivity contribution < 1.29 is 13.2 Å². The molecule has 0 aliphatic carbocycles. The van der Waals surface area contributed by atoms with Crippen LogP contribution in [0, 0.1) is 20.8 Å². The quantitative estimate of drug-likeness (QED) is 0.434. The highest BCUT2D eigenvalue weighted by atomic mass is 32.2. The van der Waals surface area contributed by atoms with E-state index in [0.29, 0.717) is 23.4 Å². The summed E-state index contributed by atoms with van der Waals surface area (Å²) in [5.41, 5.74) is 5.74. The van der Waals surface area contributed by atoms with Crippen LogP contribution < -0.4 is 10.0 Å². The van der Waals surface area contributed by atoms with Gasteiger partial charge in [0.1, 0.15) is 0 Å². The maximum atomic E-state index is 13.1. The normalized spacial score (nSPS) is 14.4. The van der Waals surface area contributed by atoms with Crippen LogP contribution in [-0.2, 0) is 23.1 Å². The molecule has 4 rings (SSSR count). The molecule has 0 unspecified atom stereocenters. The van der Waals surface area contributed by atoms with Crippen molar-refractivity contribution >= 4 is 21.6 Å². The zero-order valence-electron chi connectivity index (χ0n) is 21.3. The van der Waals surface area contributed by atoms with E-state index < -0.39 is 10.0 Å². The van der Waals surface area contributed by atoms with Crippen LogP contribution >= 0.6 is 0 Å². The van der Waals surface area contributed by atoms with Gasteiger partial charge in [-0.3, -0.25) is 14.4 Å². The number of nitrogens with zero attached hydrogens (tertiary/aromatic N) is 1. The van der Waals surface area contributed by atoms with Crippen LogP contribution in [-0.4, -0.2) is 32.3 Å². The number of nitrogens with one attached hydrogen (secondary N) is 2. The highest BCUT2D eigenvalue weighted by Crippen LogP contribution is 2.23. The number of hydrogen-bond acceptors (Lipinski definition) is 4. The smallest absolute Gasteiger partial charge is 0.262 e. The summed E-state index contributed by atoms with van der Waals surface area (Å²) in [5, 5.41) is 2.94. The van der Waals surface area contributed by atoms with Crippen LogP contribution in [0.2, 0.25) is 0 Å². The Morgan fingerprint density at radius 1 is 0.833 bits per heavy atom. The topological polar surface area (TPSA) is 78.5 Å². The molecule has 0 radical (unpaired) electrons. The molecule has 1 heterocycles. The largest absolute Gasteiger partial charge is 0.348 e. The number of piperidine rings is 1. The van der Waals surface area contributed by atoms with E-state index in [0.717, 1.165) is 36.3 Å². The molecule has 0 spiro atoms. The maximum Gasteiger partial charge on any atom is 0.262 e. The maximum absolute atomic E-state index is 13.1. The second kappa shape index (κ2) is 11.3. The van der Waals surface area contributed by atoms with Crippen molar-refractivity contribution in [2.45, 2.75) is 58.0 Å². The highest BCUT2D eigenvalue weighted by molar-refractivity contribution is 7.92. The average molecular weight is 506 g/mol. The third kappa shape index (κ3) is 6.53. The molecule has 1 aliphatic heterocycles. The molecule has 3 aromatic carbocycles. The fraction of sp³-hybridized carbons (Fsp3) is 0.345. The fourth-order valence-electron chi connectivity index (χ4n) is 4.54. The van der Waals surface area contributed by atoms with Gasteiger partial charge < -0.3 is 5.32 Å². The summed E-state index contributed by atoms with van der Waals surface area (Å²) >= 11 is 0. The summed E-state index contributed by atoms with van der Waals surface area (Å²) in [6, 6.07) is 18.5. The molecule has 1 aliphatic rings. The van der Waals surface area contributed by atoms with E-state index in [1.807, 2.05) is 32.0 Å². The van der Waals surface area contributed by atoms with Crippen molar-refractivity contribution in [3.63, 3.8) is 0 Å². The minimum Gasteiger partial charge on any atom is -0.348 e. The number of carbonyl (C=O) groups excluding carboxylic acids is 1. The lowest BCUT2D eigenvalue weighted by Gasteiger charge is -2.26. The third-order valence-corrected chi connectivity index (χ3v) is 8.32. The second-order valence-corrected chi connectivity index (χ2v) is 11.4. The highest BCUT2D eigenvalue weighted by Gasteiger charge is 2.20. The Morgan fingerprint density at radius 2 is 1.56 bits per heavy atom. The number of hydrogen-bond donors (Lipinski definition) is 2. The molecule has 2 N–H and O–H groups in total. The predicted octanol–water partition coefficient (Wildman–Crippen LogP) is 5.33. The zero-order chi connectivity index (χ0) is 25.7. The Balaban J connectivity index is 1.43. The number of rotatable bonds is 8. The molecule has 1 fully saturated rings. The number of sulfonamides is 1. The van der Waals surface area contributed by atoms with Gasteiger partial charge in [-0.15, -0.1) is 0 Å². The number of benzene rings is 3. The summed E-state index contributed by atoms with van der Waals surface area (Å²) in [6.45, 7) is 9.22. The Bertz CT molecular complexity index is 1350. The van der Waals surface area contributed by atoms with Crippen LogP contribution in [0.1, 0.15) is 57.4 Å². The van der Waals surface area contributed by atoms with E-state index in [9.17, 15) is 13.2 Å². The Morgan fingerprint density at radius 3 is 2.31 bits per heavy atom. The molecule has 36 heavy (non-hydrogen) atoms. The van der Waals surface area contributed by atoms with Crippen LogP contribution in [0.5, 0.6) is 0 Å². The molecular weight excluding hydrogens is 470 g/mol. The summed E-state index contributed by atoms with van der Waals surface area (Å²) in [6.07, 6.45) is 3.82. The molecule has 1 amide bonds. The first-order valence-corrected chi connectivity index (χ1v) is 14.0. The molecule has 0 bridgehead atoms. The van der Waals surface area contributed by atoms with Crippen LogP contribution in [0.15, 0.2) is 65.6 Å². The van der Waals surface area contributed by atoms with E-state index in [1.54, 1.807) is 31.2 Å². The number of amides is 1. The monoisotopic (exact) mass is 505 g/mol. The molecule has 0 saturated carbocycles. The molecule has 3 aromatic rings. The second-order valence-electron chi connectivity index (χ2n) is 9.72. The van der Waals surface area contributed by atoms with Gasteiger partial charge in [0, 0.05) is 24.3 Å². The van der Waals surface area contributed by atoms with Gasteiger partial charge in [-0.25, -0.2) is 8.42 Å². The third-order valence-electron chi connectivity index (χ3n) is 6.80. The van der Waals surface area contributed by atoms with E-state index in [1.165, 1.54) is 30.9 Å². The summed E-state index contributed by atoms with van der Waals surface area (Å²) < 4.78 is 28.9. The Hall–Kier alpha value is -3.16. The van der Waals surface area contributed by atoms with Crippen LogP contribution in [0.4, 0.5) is 5.69 Å². The number of aryl methyl sites for hydroxylation is 3. The van der Waals surface area contributed by atoms with Crippen LogP contribution in [0.25, 0.3) is 0 Å². The zero-order valence-corrected chi connectivity index (χ0v) is 22.1. The van der Waals surface area contributed by atoms with Crippen molar-refractivity contribution in [1.29, 1.82) is 0 Å². The molecule has 7 heteroatoms. The summed E-state index contributed by atoms with van der Waals surface area (Å²) in [4.78, 5) is 15.5. The first kappa shape index (κ1) is 25.9. The standard InChI is InChI=1S/C29H35N3O3S/c1-21-11-13-27(16-23(21)3)31-36(34,35)28-18-26(12-10-22(28)2)29(33)30-19-24-8-7-9-25(17-24)20-32-14-5-4-6-15-32/h7-13,16-18,31H,4-6,14-15,19-20H2,1-3H3,(H,30,33). The van der Waals surface area contributed by atoms with Gasteiger partial charge in [-0.05, 0) is 98.8 Å². The lowest BCUT2D eigenvalue weighted by atomic mass is 10.1. The average Bonchev–Trinajstić information content (AvgIpc) is 2.86. The molecular formula is C29H35N3O3S. The van der Waals surface area contributed by atoms with Gasteiger partial charge in [-0.1, -0.05) is 42.8 Å². The van der Waals surface area contributed by atoms with Gasteiger partial charge in [0.25, 0.3) is 15.9 Å². The van der Waals surface area contributed by atoms with Gasteiger partial charge in [0.2, 0.25) is 0 Å². The minimum atomic E-state index is -3.85. The van der Waals surface area contributed by atoms with Crippen molar-refractivity contribution in [3.05, 3.63) is 94.0 Å².